The summed E-state index contributed by atoms with van der Waals surface area (Å²) in [7, 11) is 0. The van der Waals surface area contributed by atoms with Gasteiger partial charge in [-0.15, -0.1) is 0 Å². The van der Waals surface area contributed by atoms with E-state index in [1.54, 1.807) is 6.07 Å². The van der Waals surface area contributed by atoms with Crippen molar-refractivity contribution in [2.75, 3.05) is 18.5 Å². The van der Waals surface area contributed by atoms with E-state index in [9.17, 15) is 5.11 Å². The highest BCUT2D eigenvalue weighted by molar-refractivity contribution is 6.32. The highest BCUT2D eigenvalue weighted by Gasteiger charge is 2.16. The summed E-state index contributed by atoms with van der Waals surface area (Å²) in [5, 5.41) is 13.5. The van der Waals surface area contributed by atoms with Crippen LogP contribution in [0.2, 0.25) is 5.02 Å². The van der Waals surface area contributed by atoms with Crippen molar-refractivity contribution in [3.63, 3.8) is 0 Å². The summed E-state index contributed by atoms with van der Waals surface area (Å²) in [6.45, 7) is 3.50. The fourth-order valence-electron chi connectivity index (χ4n) is 2.19. The molecule has 0 saturated carbocycles. The van der Waals surface area contributed by atoms with Crippen LogP contribution in [0.4, 0.5) is 5.69 Å². The minimum Gasteiger partial charge on any atom is -0.508 e. The highest BCUT2D eigenvalue weighted by atomic mass is 35.5. The van der Waals surface area contributed by atoms with E-state index in [0.717, 1.165) is 16.8 Å². The lowest BCUT2D eigenvalue weighted by atomic mass is 10.1. The Bertz CT molecular complexity index is 673. The van der Waals surface area contributed by atoms with Gasteiger partial charge in [-0.3, -0.25) is 0 Å². The summed E-state index contributed by atoms with van der Waals surface area (Å²) in [6.07, 6.45) is 0. The molecule has 0 fully saturated rings. The molecule has 1 aliphatic heterocycles. The van der Waals surface area contributed by atoms with Gasteiger partial charge in [-0.2, -0.15) is 0 Å². The maximum atomic E-state index is 9.70. The smallest absolute Gasteiger partial charge is 0.179 e. The number of aryl methyl sites for hydroxylation is 1. The molecule has 5 heteroatoms. The third-order valence-corrected chi connectivity index (χ3v) is 3.64. The standard InChI is InChI=1S/C16H16ClNO3/c1-10-2-3-12(8-14(10)19)18-9-11-6-13(17)16-15(7-11)20-4-5-21-16/h2-3,6-8,18-19H,4-5,9H2,1H3. The number of aromatic hydroxyl groups is 1. The van der Waals surface area contributed by atoms with Crippen molar-refractivity contribution in [1.82, 2.24) is 0 Å². The molecule has 0 radical (unpaired) electrons. The van der Waals surface area contributed by atoms with Crippen molar-refractivity contribution in [2.45, 2.75) is 13.5 Å². The quantitative estimate of drug-likeness (QED) is 0.907. The number of hydrogen-bond acceptors (Lipinski definition) is 4. The van der Waals surface area contributed by atoms with Crippen LogP contribution in [-0.2, 0) is 6.54 Å². The fraction of sp³-hybridized carbons (Fsp3) is 0.250. The molecule has 0 atom stereocenters. The van der Waals surface area contributed by atoms with Crippen LogP contribution in [0.1, 0.15) is 11.1 Å². The summed E-state index contributed by atoms with van der Waals surface area (Å²) < 4.78 is 11.0. The lowest BCUT2D eigenvalue weighted by molar-refractivity contribution is 0.171. The molecule has 1 aliphatic rings. The second-order valence-corrected chi connectivity index (χ2v) is 5.36. The Morgan fingerprint density at radius 1 is 1.19 bits per heavy atom. The molecule has 0 unspecified atom stereocenters. The fourth-order valence-corrected chi connectivity index (χ4v) is 2.48. The van der Waals surface area contributed by atoms with Crippen molar-refractivity contribution < 1.29 is 14.6 Å². The summed E-state index contributed by atoms with van der Waals surface area (Å²) in [5.74, 6) is 1.57. The second-order valence-electron chi connectivity index (χ2n) is 4.96. The Kier molecular flexibility index (Phi) is 3.80. The number of rotatable bonds is 3. The minimum absolute atomic E-state index is 0.278. The molecule has 1 heterocycles. The van der Waals surface area contributed by atoms with E-state index in [0.29, 0.717) is 36.3 Å². The summed E-state index contributed by atoms with van der Waals surface area (Å²) in [4.78, 5) is 0. The van der Waals surface area contributed by atoms with Gasteiger partial charge in [-0.05, 0) is 36.2 Å². The molecular formula is C16H16ClNO3. The Morgan fingerprint density at radius 2 is 2.00 bits per heavy atom. The highest BCUT2D eigenvalue weighted by Crippen LogP contribution is 2.38. The van der Waals surface area contributed by atoms with Gasteiger partial charge in [0, 0.05) is 18.3 Å². The molecule has 0 bridgehead atoms. The molecule has 21 heavy (non-hydrogen) atoms. The first-order valence-electron chi connectivity index (χ1n) is 6.75. The molecule has 2 aromatic rings. The molecule has 0 amide bonds. The van der Waals surface area contributed by atoms with Gasteiger partial charge < -0.3 is 19.9 Å². The topological polar surface area (TPSA) is 50.7 Å². The zero-order chi connectivity index (χ0) is 14.8. The normalized spacial score (nSPS) is 13.0. The van der Waals surface area contributed by atoms with Crippen LogP contribution in [0.3, 0.4) is 0 Å². The number of phenolic OH excluding ortho intramolecular Hbond substituents is 1. The molecule has 4 nitrogen and oxygen atoms in total. The number of fused-ring (bicyclic) bond motifs is 1. The van der Waals surface area contributed by atoms with E-state index in [1.807, 2.05) is 31.2 Å². The Morgan fingerprint density at radius 3 is 2.81 bits per heavy atom. The van der Waals surface area contributed by atoms with Crippen LogP contribution >= 0.6 is 11.6 Å². The predicted molar refractivity (Wildman–Crippen MR) is 82.6 cm³/mol. The van der Waals surface area contributed by atoms with E-state index in [-0.39, 0.29) is 5.75 Å². The van der Waals surface area contributed by atoms with Gasteiger partial charge in [-0.1, -0.05) is 17.7 Å². The maximum absolute atomic E-state index is 9.70. The van der Waals surface area contributed by atoms with Crippen molar-refractivity contribution in [3.8, 4) is 17.2 Å². The first kappa shape index (κ1) is 13.9. The number of phenols is 1. The lowest BCUT2D eigenvalue weighted by Crippen LogP contribution is -2.16. The number of nitrogens with one attached hydrogen (secondary N) is 1. The molecule has 3 rings (SSSR count). The Hall–Kier alpha value is -2.07. The van der Waals surface area contributed by atoms with E-state index >= 15 is 0 Å². The molecule has 2 N–H and O–H groups in total. The van der Waals surface area contributed by atoms with E-state index in [4.69, 9.17) is 21.1 Å². The molecule has 0 aliphatic carbocycles. The summed E-state index contributed by atoms with van der Waals surface area (Å²) in [6, 6.07) is 9.27. The van der Waals surface area contributed by atoms with Crippen LogP contribution < -0.4 is 14.8 Å². The Balaban J connectivity index is 1.76. The van der Waals surface area contributed by atoms with Gasteiger partial charge in [0.05, 0.1) is 5.02 Å². The zero-order valence-electron chi connectivity index (χ0n) is 11.6. The van der Waals surface area contributed by atoms with Crippen molar-refractivity contribution in [3.05, 3.63) is 46.5 Å². The van der Waals surface area contributed by atoms with Crippen LogP contribution in [0.5, 0.6) is 17.2 Å². The molecule has 2 aromatic carbocycles. The van der Waals surface area contributed by atoms with Crippen molar-refractivity contribution in [2.24, 2.45) is 0 Å². The van der Waals surface area contributed by atoms with Crippen LogP contribution in [0.15, 0.2) is 30.3 Å². The van der Waals surface area contributed by atoms with Crippen LogP contribution in [0.25, 0.3) is 0 Å². The molecule has 0 spiro atoms. The maximum Gasteiger partial charge on any atom is 0.179 e. The SMILES string of the molecule is Cc1ccc(NCc2cc(Cl)c3c(c2)OCCO3)cc1O. The van der Waals surface area contributed by atoms with Gasteiger partial charge in [0.15, 0.2) is 11.5 Å². The minimum atomic E-state index is 0.278. The van der Waals surface area contributed by atoms with E-state index in [1.165, 1.54) is 0 Å². The van der Waals surface area contributed by atoms with E-state index < -0.39 is 0 Å². The molecule has 0 saturated heterocycles. The molecule has 110 valence electrons. The van der Waals surface area contributed by atoms with Crippen LogP contribution in [0, 0.1) is 6.92 Å². The molecule has 0 aromatic heterocycles. The predicted octanol–water partition coefficient (Wildman–Crippen LogP) is 3.74. The van der Waals surface area contributed by atoms with Gasteiger partial charge in [0.1, 0.15) is 19.0 Å². The number of ether oxygens (including phenoxy) is 2. The van der Waals surface area contributed by atoms with Crippen molar-refractivity contribution >= 4 is 17.3 Å². The van der Waals surface area contributed by atoms with E-state index in [2.05, 4.69) is 5.32 Å². The van der Waals surface area contributed by atoms with Crippen molar-refractivity contribution in [1.29, 1.82) is 0 Å². The molecular weight excluding hydrogens is 290 g/mol. The van der Waals surface area contributed by atoms with Gasteiger partial charge in [0.2, 0.25) is 0 Å². The number of benzene rings is 2. The first-order chi connectivity index (χ1) is 10.1. The van der Waals surface area contributed by atoms with Gasteiger partial charge in [0.25, 0.3) is 0 Å². The monoisotopic (exact) mass is 305 g/mol. The number of halogens is 1. The number of anilines is 1. The van der Waals surface area contributed by atoms with Gasteiger partial charge >= 0.3 is 0 Å². The summed E-state index contributed by atoms with van der Waals surface area (Å²) >= 11 is 6.20. The lowest BCUT2D eigenvalue weighted by Gasteiger charge is -2.20. The van der Waals surface area contributed by atoms with Gasteiger partial charge in [-0.25, -0.2) is 0 Å². The average Bonchev–Trinajstić information content (AvgIpc) is 2.49. The zero-order valence-corrected chi connectivity index (χ0v) is 12.4. The summed E-state index contributed by atoms with van der Waals surface area (Å²) in [5.41, 5.74) is 2.69. The third-order valence-electron chi connectivity index (χ3n) is 3.36. The van der Waals surface area contributed by atoms with Crippen LogP contribution in [-0.4, -0.2) is 18.3 Å². The largest absolute Gasteiger partial charge is 0.508 e. The third kappa shape index (κ3) is 3.00. The average molecular weight is 306 g/mol. The Labute approximate surface area is 128 Å². The second kappa shape index (κ2) is 5.74. The number of hydrogen-bond donors (Lipinski definition) is 2. The first-order valence-corrected chi connectivity index (χ1v) is 7.13.